The van der Waals surface area contributed by atoms with Gasteiger partial charge in [-0.3, -0.25) is 9.59 Å². The van der Waals surface area contributed by atoms with Crippen LogP contribution in [0.15, 0.2) is 24.3 Å². The molecule has 3 rings (SSSR count). The zero-order chi connectivity index (χ0) is 19.2. The normalized spacial score (nSPS) is 23.3. The average molecular weight is 374 g/mol. The molecule has 1 aliphatic heterocycles. The molecule has 2 atom stereocenters. The number of nitrogens with zero attached hydrogens (tertiary/aromatic N) is 2. The Balaban J connectivity index is 1.46. The smallest absolute Gasteiger partial charge is 0.257 e. The van der Waals surface area contributed by atoms with E-state index in [1.165, 1.54) is 25.3 Å². The summed E-state index contributed by atoms with van der Waals surface area (Å²) < 4.78 is 5.96. The van der Waals surface area contributed by atoms with Crippen molar-refractivity contribution in [1.29, 1.82) is 0 Å². The Morgan fingerprint density at radius 3 is 2.44 bits per heavy atom. The number of para-hydroxylation sites is 1. The molecule has 2 fully saturated rings. The second-order valence-electron chi connectivity index (χ2n) is 7.49. The van der Waals surface area contributed by atoms with Gasteiger partial charge in [-0.15, -0.1) is 0 Å². The van der Waals surface area contributed by atoms with Gasteiger partial charge in [0.2, 0.25) is 5.91 Å². The van der Waals surface area contributed by atoms with E-state index in [0.717, 1.165) is 12.8 Å². The second kappa shape index (κ2) is 9.22. The predicted octanol–water partition coefficient (Wildman–Crippen LogP) is 2.66. The molecule has 2 unspecified atom stereocenters. The predicted molar refractivity (Wildman–Crippen MR) is 103 cm³/mol. The Bertz CT molecular complexity index is 655. The molecule has 0 bridgehead atoms. The number of rotatable bonds is 5. The first-order valence-electron chi connectivity index (χ1n) is 10.1. The molecule has 148 valence electrons. The summed E-state index contributed by atoms with van der Waals surface area (Å²) in [5, 5.41) is 9.86. The SMILES string of the molecule is CCC1CCCCC1OCC(=O)N1CCN(C(=O)c2ccccc2O)CC1. The highest BCUT2D eigenvalue weighted by Gasteiger charge is 2.28. The zero-order valence-electron chi connectivity index (χ0n) is 16.1. The van der Waals surface area contributed by atoms with E-state index >= 15 is 0 Å². The molecule has 6 heteroatoms. The first-order valence-corrected chi connectivity index (χ1v) is 10.1. The van der Waals surface area contributed by atoms with Crippen molar-refractivity contribution in [3.63, 3.8) is 0 Å². The third kappa shape index (κ3) is 4.80. The molecule has 2 aliphatic rings. The molecular formula is C21H30N2O4. The molecule has 27 heavy (non-hydrogen) atoms. The zero-order valence-corrected chi connectivity index (χ0v) is 16.1. The minimum Gasteiger partial charge on any atom is -0.507 e. The summed E-state index contributed by atoms with van der Waals surface area (Å²) in [5.74, 6) is 0.376. The van der Waals surface area contributed by atoms with E-state index in [1.54, 1.807) is 28.0 Å². The van der Waals surface area contributed by atoms with Crippen LogP contribution in [0.2, 0.25) is 0 Å². The minimum atomic E-state index is -0.190. The molecule has 0 aromatic heterocycles. The fourth-order valence-electron chi connectivity index (χ4n) is 4.11. The standard InChI is InChI=1S/C21H30N2O4/c1-2-16-7-3-6-10-19(16)27-15-20(25)22-11-13-23(14-12-22)21(26)17-8-4-5-9-18(17)24/h4-5,8-9,16,19,24H,2-3,6-7,10-15H2,1H3. The van der Waals surface area contributed by atoms with Crippen molar-refractivity contribution in [3.8, 4) is 5.75 Å². The summed E-state index contributed by atoms with van der Waals surface area (Å²) in [6, 6.07) is 6.56. The number of phenols is 1. The number of carbonyl (C=O) groups excluding carboxylic acids is 2. The van der Waals surface area contributed by atoms with Gasteiger partial charge in [-0.25, -0.2) is 0 Å². The number of carbonyl (C=O) groups is 2. The van der Waals surface area contributed by atoms with E-state index in [4.69, 9.17) is 4.74 Å². The Morgan fingerprint density at radius 1 is 1.07 bits per heavy atom. The van der Waals surface area contributed by atoms with Gasteiger partial charge in [-0.2, -0.15) is 0 Å². The summed E-state index contributed by atoms with van der Waals surface area (Å²) in [6.45, 7) is 4.27. The number of ether oxygens (including phenoxy) is 1. The number of phenolic OH excluding ortho intramolecular Hbond substituents is 1. The van der Waals surface area contributed by atoms with Crippen molar-refractivity contribution in [1.82, 2.24) is 9.80 Å². The van der Waals surface area contributed by atoms with Crippen LogP contribution in [-0.2, 0) is 9.53 Å². The molecule has 2 amide bonds. The largest absolute Gasteiger partial charge is 0.507 e. The molecule has 6 nitrogen and oxygen atoms in total. The van der Waals surface area contributed by atoms with E-state index in [0.29, 0.717) is 37.7 Å². The van der Waals surface area contributed by atoms with Crippen molar-refractivity contribution in [2.45, 2.75) is 45.1 Å². The fraction of sp³-hybridized carbons (Fsp3) is 0.619. The monoisotopic (exact) mass is 374 g/mol. The number of benzene rings is 1. The highest BCUT2D eigenvalue weighted by atomic mass is 16.5. The van der Waals surface area contributed by atoms with Gasteiger partial charge >= 0.3 is 0 Å². The van der Waals surface area contributed by atoms with Crippen LogP contribution in [0.3, 0.4) is 0 Å². The Morgan fingerprint density at radius 2 is 1.74 bits per heavy atom. The van der Waals surface area contributed by atoms with Gasteiger partial charge in [0.25, 0.3) is 5.91 Å². The lowest BCUT2D eigenvalue weighted by atomic mass is 9.85. The molecule has 1 aromatic carbocycles. The number of hydrogen-bond acceptors (Lipinski definition) is 4. The summed E-state index contributed by atoms with van der Waals surface area (Å²) in [5.41, 5.74) is 0.309. The lowest BCUT2D eigenvalue weighted by Crippen LogP contribution is -2.51. The average Bonchev–Trinajstić information content (AvgIpc) is 2.72. The van der Waals surface area contributed by atoms with Gasteiger partial charge in [0, 0.05) is 26.2 Å². The van der Waals surface area contributed by atoms with Gasteiger partial charge in [0.15, 0.2) is 0 Å². The van der Waals surface area contributed by atoms with Crippen LogP contribution in [-0.4, -0.2) is 65.6 Å². The van der Waals surface area contributed by atoms with Crippen LogP contribution in [0, 0.1) is 5.92 Å². The van der Waals surface area contributed by atoms with Crippen LogP contribution in [0.4, 0.5) is 0 Å². The van der Waals surface area contributed by atoms with E-state index in [9.17, 15) is 14.7 Å². The van der Waals surface area contributed by atoms with Gasteiger partial charge in [-0.1, -0.05) is 38.3 Å². The molecule has 1 heterocycles. The Labute approximate surface area is 161 Å². The van der Waals surface area contributed by atoms with Crippen LogP contribution >= 0.6 is 0 Å². The number of piperazine rings is 1. The van der Waals surface area contributed by atoms with Crippen LogP contribution in [0.25, 0.3) is 0 Å². The van der Waals surface area contributed by atoms with Crippen molar-refractivity contribution in [3.05, 3.63) is 29.8 Å². The lowest BCUT2D eigenvalue weighted by molar-refractivity contribution is -0.141. The Kier molecular flexibility index (Phi) is 6.72. The number of amides is 2. The van der Waals surface area contributed by atoms with Crippen LogP contribution < -0.4 is 0 Å². The number of hydrogen-bond donors (Lipinski definition) is 1. The second-order valence-corrected chi connectivity index (χ2v) is 7.49. The highest BCUT2D eigenvalue weighted by molar-refractivity contribution is 5.97. The molecule has 1 saturated carbocycles. The van der Waals surface area contributed by atoms with Crippen molar-refractivity contribution >= 4 is 11.8 Å². The maximum absolute atomic E-state index is 12.5. The molecule has 1 N–H and O–H groups in total. The molecule has 1 aromatic rings. The van der Waals surface area contributed by atoms with E-state index in [1.807, 2.05) is 0 Å². The first kappa shape index (κ1) is 19.7. The van der Waals surface area contributed by atoms with Crippen LogP contribution in [0.5, 0.6) is 5.75 Å². The molecule has 1 saturated heterocycles. The molecule has 0 spiro atoms. The van der Waals surface area contributed by atoms with E-state index in [2.05, 4.69) is 6.92 Å². The van der Waals surface area contributed by atoms with Crippen molar-refractivity contribution < 1.29 is 19.4 Å². The third-order valence-electron chi connectivity index (χ3n) is 5.84. The quantitative estimate of drug-likeness (QED) is 0.860. The van der Waals surface area contributed by atoms with Gasteiger partial charge < -0.3 is 19.6 Å². The van der Waals surface area contributed by atoms with Crippen molar-refractivity contribution in [2.24, 2.45) is 5.92 Å². The Hall–Kier alpha value is -2.08. The van der Waals surface area contributed by atoms with Gasteiger partial charge in [0.05, 0.1) is 11.7 Å². The summed E-state index contributed by atoms with van der Waals surface area (Å²) in [6.07, 6.45) is 6.00. The highest BCUT2D eigenvalue weighted by Crippen LogP contribution is 2.29. The van der Waals surface area contributed by atoms with Crippen molar-refractivity contribution in [2.75, 3.05) is 32.8 Å². The van der Waals surface area contributed by atoms with E-state index < -0.39 is 0 Å². The van der Waals surface area contributed by atoms with Gasteiger partial charge in [-0.05, 0) is 30.9 Å². The maximum Gasteiger partial charge on any atom is 0.257 e. The molecule has 1 aliphatic carbocycles. The fourth-order valence-corrected chi connectivity index (χ4v) is 4.11. The number of aromatic hydroxyl groups is 1. The summed E-state index contributed by atoms with van der Waals surface area (Å²) >= 11 is 0. The molecular weight excluding hydrogens is 344 g/mol. The van der Waals surface area contributed by atoms with Crippen LogP contribution in [0.1, 0.15) is 49.4 Å². The molecule has 0 radical (unpaired) electrons. The summed E-state index contributed by atoms with van der Waals surface area (Å²) in [4.78, 5) is 28.5. The van der Waals surface area contributed by atoms with E-state index in [-0.39, 0.29) is 30.3 Å². The minimum absolute atomic E-state index is 0.00471. The van der Waals surface area contributed by atoms with Gasteiger partial charge in [0.1, 0.15) is 12.4 Å². The summed E-state index contributed by atoms with van der Waals surface area (Å²) in [7, 11) is 0. The lowest BCUT2D eigenvalue weighted by Gasteiger charge is -2.36. The first-order chi connectivity index (χ1) is 13.1. The topological polar surface area (TPSA) is 70.1 Å². The maximum atomic E-state index is 12.5. The third-order valence-corrected chi connectivity index (χ3v) is 5.84.